The van der Waals surface area contributed by atoms with E-state index in [4.69, 9.17) is 4.74 Å². The van der Waals surface area contributed by atoms with E-state index in [1.165, 1.54) is 17.9 Å². The van der Waals surface area contributed by atoms with E-state index < -0.39 is 17.5 Å². The van der Waals surface area contributed by atoms with E-state index in [0.29, 0.717) is 0 Å². The number of aryl methyl sites for hydroxylation is 1. The summed E-state index contributed by atoms with van der Waals surface area (Å²) >= 11 is 0. The monoisotopic (exact) mass is 476 g/mol. The molecule has 1 heterocycles. The molecule has 0 bridgehead atoms. The van der Waals surface area contributed by atoms with Crippen LogP contribution in [0.1, 0.15) is 47.8 Å². The minimum absolute atomic E-state index is 0.0325. The Morgan fingerprint density at radius 2 is 1.66 bits per heavy atom. The van der Waals surface area contributed by atoms with Crippen LogP contribution in [0.2, 0.25) is 0 Å². The number of aromatic nitrogens is 2. The number of carboxylic acids is 1. The van der Waals surface area contributed by atoms with Crippen molar-refractivity contribution in [2.75, 3.05) is 18.5 Å². The number of anilines is 1. The lowest BCUT2D eigenvalue weighted by molar-refractivity contribution is -0.118. The predicted molar refractivity (Wildman–Crippen MR) is 130 cm³/mol. The Morgan fingerprint density at radius 1 is 1.06 bits per heavy atom. The summed E-state index contributed by atoms with van der Waals surface area (Å²) in [6.45, 7) is 4.07. The molecule has 4 rings (SSSR count). The highest BCUT2D eigenvalue weighted by Gasteiger charge is 2.30. The van der Waals surface area contributed by atoms with Crippen LogP contribution in [-0.4, -0.2) is 46.0 Å². The lowest BCUT2D eigenvalue weighted by Crippen LogP contribution is -2.37. The smallest absolute Gasteiger partial charge is 0.407 e. The average molecular weight is 477 g/mol. The molecule has 0 unspecified atom stereocenters. The topological polar surface area (TPSA) is 123 Å². The molecule has 1 aliphatic carbocycles. The molecule has 1 aliphatic rings. The Bertz CT molecular complexity index is 1230. The molecule has 3 N–H and O–H groups in total. The molecule has 1 aromatic heterocycles. The molecule has 0 spiro atoms. The van der Waals surface area contributed by atoms with Gasteiger partial charge in [-0.15, -0.1) is 0 Å². The summed E-state index contributed by atoms with van der Waals surface area (Å²) in [7, 11) is 1.49. The summed E-state index contributed by atoms with van der Waals surface area (Å²) in [5, 5.41) is 18.5. The number of carbonyl (C=O) groups excluding carboxylic acids is 2. The molecule has 0 fully saturated rings. The van der Waals surface area contributed by atoms with Gasteiger partial charge in [0, 0.05) is 25.9 Å². The third-order valence-corrected chi connectivity index (χ3v) is 6.11. The van der Waals surface area contributed by atoms with E-state index in [1.54, 1.807) is 0 Å². The van der Waals surface area contributed by atoms with Gasteiger partial charge in [0.1, 0.15) is 6.61 Å². The number of nitrogens with zero attached hydrogens (tertiary/aromatic N) is 2. The normalized spacial score (nSPS) is 12.5. The van der Waals surface area contributed by atoms with Crippen LogP contribution in [0.15, 0.2) is 54.7 Å². The highest BCUT2D eigenvalue weighted by atomic mass is 16.5. The molecule has 0 saturated carbocycles. The van der Waals surface area contributed by atoms with Crippen molar-refractivity contribution in [3.63, 3.8) is 0 Å². The largest absolute Gasteiger partial charge is 0.476 e. The van der Waals surface area contributed by atoms with Crippen molar-refractivity contribution >= 4 is 23.7 Å². The van der Waals surface area contributed by atoms with Gasteiger partial charge >= 0.3 is 12.1 Å². The Hall–Kier alpha value is -4.14. The Kier molecular flexibility index (Phi) is 6.59. The molecule has 35 heavy (non-hydrogen) atoms. The van der Waals surface area contributed by atoms with E-state index in [9.17, 15) is 19.5 Å². The molecule has 9 nitrogen and oxygen atoms in total. The Morgan fingerprint density at radius 3 is 2.26 bits per heavy atom. The number of hydrogen-bond acceptors (Lipinski definition) is 5. The first-order valence-electron chi connectivity index (χ1n) is 11.3. The lowest BCUT2D eigenvalue weighted by atomic mass is 9.89. The number of aromatic carboxylic acids is 1. The minimum atomic E-state index is -1.18. The Labute approximate surface area is 203 Å². The van der Waals surface area contributed by atoms with Crippen LogP contribution >= 0.6 is 0 Å². The van der Waals surface area contributed by atoms with Gasteiger partial charge in [0.25, 0.3) is 0 Å². The van der Waals surface area contributed by atoms with Crippen molar-refractivity contribution in [1.82, 2.24) is 15.1 Å². The predicted octanol–water partition coefficient (Wildman–Crippen LogP) is 4.01. The molecule has 2 aromatic carbocycles. The van der Waals surface area contributed by atoms with E-state index in [1.807, 2.05) is 38.1 Å². The zero-order chi connectivity index (χ0) is 25.2. The van der Waals surface area contributed by atoms with Crippen molar-refractivity contribution < 1.29 is 24.2 Å². The Balaban J connectivity index is 1.30. The summed E-state index contributed by atoms with van der Waals surface area (Å²) in [5.74, 6) is -1.59. The summed E-state index contributed by atoms with van der Waals surface area (Å²) < 4.78 is 6.74. The summed E-state index contributed by atoms with van der Waals surface area (Å²) in [6, 6.07) is 16.2. The zero-order valence-electron chi connectivity index (χ0n) is 19.9. The highest BCUT2D eigenvalue weighted by molar-refractivity contribution is 5.99. The fourth-order valence-electron chi connectivity index (χ4n) is 4.44. The summed E-state index contributed by atoms with van der Waals surface area (Å²) in [4.78, 5) is 36.3. The zero-order valence-corrected chi connectivity index (χ0v) is 19.9. The maximum Gasteiger partial charge on any atom is 0.407 e. The maximum atomic E-state index is 12.5. The second-order valence-electron chi connectivity index (χ2n) is 9.40. The number of amides is 2. The second kappa shape index (κ2) is 9.61. The number of rotatable bonds is 8. The quantitative estimate of drug-likeness (QED) is 0.451. The minimum Gasteiger partial charge on any atom is -0.476 e. The molecular formula is C26H28N4O5. The van der Waals surface area contributed by atoms with Crippen molar-refractivity contribution in [2.45, 2.75) is 26.2 Å². The first-order valence-corrected chi connectivity index (χ1v) is 11.3. The molecule has 3 aromatic rings. The fraction of sp³-hybridized carbons (Fsp3) is 0.308. The standard InChI is InChI=1S/C26H28N4O5/c1-26(2,12-22(31)29-21-13-28-30(3)23(21)24(32)33)15-27-25(34)35-14-20-18-10-6-4-8-16(18)17-9-5-7-11-19(17)20/h4-11,13,20H,12,14-15H2,1-3H3,(H,27,34)(H,29,31)(H,32,33). The van der Waals surface area contributed by atoms with Gasteiger partial charge in [-0.2, -0.15) is 5.10 Å². The lowest BCUT2D eigenvalue weighted by Gasteiger charge is -2.24. The number of carbonyl (C=O) groups is 3. The molecule has 0 aliphatic heterocycles. The maximum absolute atomic E-state index is 12.5. The third kappa shape index (κ3) is 5.18. The van der Waals surface area contributed by atoms with E-state index in [0.717, 1.165) is 22.3 Å². The summed E-state index contributed by atoms with van der Waals surface area (Å²) in [5.41, 5.74) is 4.01. The van der Waals surface area contributed by atoms with E-state index in [-0.39, 0.29) is 42.8 Å². The van der Waals surface area contributed by atoms with Gasteiger partial charge in [-0.1, -0.05) is 62.4 Å². The molecule has 0 atom stereocenters. The van der Waals surface area contributed by atoms with Crippen LogP contribution in [0.4, 0.5) is 10.5 Å². The third-order valence-electron chi connectivity index (χ3n) is 6.11. The highest BCUT2D eigenvalue weighted by Crippen LogP contribution is 2.44. The number of carboxylic acid groups (broad SMARTS) is 1. The number of fused-ring (bicyclic) bond motifs is 3. The number of hydrogen-bond donors (Lipinski definition) is 3. The fourth-order valence-corrected chi connectivity index (χ4v) is 4.44. The number of benzene rings is 2. The molecule has 2 amide bonds. The average Bonchev–Trinajstić information content (AvgIpc) is 3.33. The van der Waals surface area contributed by atoms with E-state index in [2.05, 4.69) is 40.0 Å². The van der Waals surface area contributed by atoms with Crippen molar-refractivity contribution in [2.24, 2.45) is 12.5 Å². The van der Waals surface area contributed by atoms with Gasteiger partial charge < -0.3 is 20.5 Å². The second-order valence-corrected chi connectivity index (χ2v) is 9.40. The van der Waals surface area contributed by atoms with Gasteiger partial charge in [0.05, 0.1) is 11.9 Å². The first-order chi connectivity index (χ1) is 16.7. The first kappa shape index (κ1) is 24.0. The van der Waals surface area contributed by atoms with Crippen LogP contribution in [-0.2, 0) is 16.6 Å². The van der Waals surface area contributed by atoms with Gasteiger partial charge in [-0.3, -0.25) is 9.48 Å². The SMILES string of the molecule is Cn1ncc(NC(=O)CC(C)(C)CNC(=O)OCC2c3ccccc3-c3ccccc32)c1C(=O)O. The molecule has 0 radical (unpaired) electrons. The van der Waals surface area contributed by atoms with Crippen LogP contribution in [0.3, 0.4) is 0 Å². The number of alkyl carbamates (subject to hydrolysis) is 1. The summed E-state index contributed by atoms with van der Waals surface area (Å²) in [6.07, 6.45) is 0.800. The van der Waals surface area contributed by atoms with Gasteiger partial charge in [-0.25, -0.2) is 9.59 Å². The van der Waals surface area contributed by atoms with Crippen LogP contribution in [0.5, 0.6) is 0 Å². The van der Waals surface area contributed by atoms with Gasteiger partial charge in [0.2, 0.25) is 5.91 Å². The van der Waals surface area contributed by atoms with Crippen LogP contribution in [0, 0.1) is 5.41 Å². The van der Waals surface area contributed by atoms with Crippen molar-refractivity contribution in [1.29, 1.82) is 0 Å². The number of ether oxygens (including phenoxy) is 1. The van der Waals surface area contributed by atoms with E-state index >= 15 is 0 Å². The van der Waals surface area contributed by atoms with Crippen molar-refractivity contribution in [3.8, 4) is 11.1 Å². The molecule has 0 saturated heterocycles. The number of nitrogens with one attached hydrogen (secondary N) is 2. The van der Waals surface area contributed by atoms with Crippen LogP contribution in [0.25, 0.3) is 11.1 Å². The molecule has 9 heteroatoms. The molecular weight excluding hydrogens is 448 g/mol. The van der Waals surface area contributed by atoms with Gasteiger partial charge in [-0.05, 0) is 27.7 Å². The van der Waals surface area contributed by atoms with Crippen molar-refractivity contribution in [3.05, 3.63) is 71.5 Å². The molecule has 182 valence electrons. The van der Waals surface area contributed by atoms with Gasteiger partial charge in [0.15, 0.2) is 5.69 Å². The van der Waals surface area contributed by atoms with Crippen LogP contribution < -0.4 is 10.6 Å².